The van der Waals surface area contributed by atoms with E-state index in [9.17, 15) is 4.79 Å². The van der Waals surface area contributed by atoms with Crippen LogP contribution in [0.4, 0.5) is 0 Å². The molecule has 1 aliphatic rings. The second kappa shape index (κ2) is 6.37. The van der Waals surface area contributed by atoms with Gasteiger partial charge in [0.1, 0.15) is 0 Å². The van der Waals surface area contributed by atoms with Crippen LogP contribution in [0.2, 0.25) is 5.02 Å². The van der Waals surface area contributed by atoms with Gasteiger partial charge in [-0.2, -0.15) is 0 Å². The number of halogens is 1. The van der Waals surface area contributed by atoms with E-state index < -0.39 is 12.1 Å². The van der Waals surface area contributed by atoms with Gasteiger partial charge in [0, 0.05) is 17.6 Å². The molecular formula is C14H18ClNO3. The van der Waals surface area contributed by atoms with Crippen LogP contribution in [0.3, 0.4) is 0 Å². The molecule has 0 aliphatic carbocycles. The first-order chi connectivity index (χ1) is 9.06. The fourth-order valence-corrected chi connectivity index (χ4v) is 2.34. The summed E-state index contributed by atoms with van der Waals surface area (Å²) in [6, 6.07) is 7.87. The van der Waals surface area contributed by atoms with E-state index in [0.29, 0.717) is 13.0 Å². The molecule has 104 valence electrons. The lowest BCUT2D eigenvalue weighted by Gasteiger charge is -2.18. The quantitative estimate of drug-likeness (QED) is 0.872. The SMILES string of the molecule is C[C@H](NCC1CCC(C(=O)O)O1)c1ccc(Cl)cc1. The molecular weight excluding hydrogens is 266 g/mol. The molecule has 1 aromatic carbocycles. The number of carboxylic acids is 1. The molecule has 0 saturated carbocycles. The summed E-state index contributed by atoms with van der Waals surface area (Å²) in [6.07, 6.45) is 0.724. The lowest BCUT2D eigenvalue weighted by Crippen LogP contribution is -2.30. The zero-order chi connectivity index (χ0) is 13.8. The molecule has 1 aromatic rings. The molecule has 1 heterocycles. The Balaban J connectivity index is 1.79. The van der Waals surface area contributed by atoms with Gasteiger partial charge in [-0.15, -0.1) is 0 Å². The molecule has 3 atom stereocenters. The number of hydrogen-bond acceptors (Lipinski definition) is 3. The van der Waals surface area contributed by atoms with Gasteiger partial charge in [0.25, 0.3) is 0 Å². The van der Waals surface area contributed by atoms with Crippen molar-refractivity contribution in [2.75, 3.05) is 6.54 Å². The number of benzene rings is 1. The minimum Gasteiger partial charge on any atom is -0.479 e. The van der Waals surface area contributed by atoms with E-state index in [-0.39, 0.29) is 12.1 Å². The Bertz CT molecular complexity index is 435. The van der Waals surface area contributed by atoms with Crippen molar-refractivity contribution in [3.63, 3.8) is 0 Å². The second-order valence-corrected chi connectivity index (χ2v) is 5.28. The van der Waals surface area contributed by atoms with E-state index in [2.05, 4.69) is 12.2 Å². The van der Waals surface area contributed by atoms with Crippen LogP contribution >= 0.6 is 11.6 Å². The first-order valence-corrected chi connectivity index (χ1v) is 6.81. The minimum absolute atomic E-state index is 0.0177. The van der Waals surface area contributed by atoms with Crippen molar-refractivity contribution >= 4 is 17.6 Å². The van der Waals surface area contributed by atoms with Crippen LogP contribution < -0.4 is 5.32 Å². The molecule has 0 radical (unpaired) electrons. The van der Waals surface area contributed by atoms with Crippen molar-refractivity contribution in [3.8, 4) is 0 Å². The van der Waals surface area contributed by atoms with Crippen LogP contribution in [0.25, 0.3) is 0 Å². The summed E-state index contributed by atoms with van der Waals surface area (Å²) in [4.78, 5) is 10.8. The Morgan fingerprint density at radius 3 is 2.74 bits per heavy atom. The average Bonchev–Trinajstić information content (AvgIpc) is 2.86. The van der Waals surface area contributed by atoms with E-state index in [4.69, 9.17) is 21.4 Å². The molecule has 19 heavy (non-hydrogen) atoms. The minimum atomic E-state index is -0.867. The number of aliphatic carboxylic acids is 1. The Hall–Kier alpha value is -1.10. The molecule has 2 unspecified atom stereocenters. The van der Waals surface area contributed by atoms with Gasteiger partial charge in [-0.05, 0) is 37.5 Å². The summed E-state index contributed by atoms with van der Waals surface area (Å²) in [5.41, 5.74) is 1.15. The summed E-state index contributed by atoms with van der Waals surface area (Å²) in [6.45, 7) is 2.72. The first kappa shape index (κ1) is 14.3. The van der Waals surface area contributed by atoms with Gasteiger partial charge in [-0.25, -0.2) is 4.79 Å². The van der Waals surface area contributed by atoms with E-state index in [1.807, 2.05) is 24.3 Å². The highest BCUT2D eigenvalue weighted by Crippen LogP contribution is 2.21. The predicted octanol–water partition coefficient (Wildman–Crippen LogP) is 2.62. The van der Waals surface area contributed by atoms with E-state index in [1.165, 1.54) is 0 Å². The van der Waals surface area contributed by atoms with Crippen LogP contribution in [0, 0.1) is 0 Å². The third-order valence-electron chi connectivity index (χ3n) is 3.40. The number of rotatable bonds is 5. The average molecular weight is 284 g/mol. The molecule has 0 bridgehead atoms. The largest absolute Gasteiger partial charge is 0.479 e. The fourth-order valence-electron chi connectivity index (χ4n) is 2.22. The first-order valence-electron chi connectivity index (χ1n) is 6.43. The summed E-state index contributed by atoms with van der Waals surface area (Å²) in [5.74, 6) is -0.867. The van der Waals surface area contributed by atoms with Crippen molar-refractivity contribution in [1.29, 1.82) is 0 Å². The van der Waals surface area contributed by atoms with Crippen molar-refractivity contribution in [1.82, 2.24) is 5.32 Å². The molecule has 0 spiro atoms. The molecule has 0 amide bonds. The highest BCUT2D eigenvalue weighted by molar-refractivity contribution is 6.30. The maximum Gasteiger partial charge on any atom is 0.332 e. The van der Waals surface area contributed by atoms with Gasteiger partial charge in [0.15, 0.2) is 6.10 Å². The van der Waals surface area contributed by atoms with Gasteiger partial charge in [-0.1, -0.05) is 23.7 Å². The van der Waals surface area contributed by atoms with Crippen molar-refractivity contribution in [2.24, 2.45) is 0 Å². The van der Waals surface area contributed by atoms with Crippen LogP contribution in [-0.4, -0.2) is 29.8 Å². The Kier molecular flexibility index (Phi) is 4.80. The van der Waals surface area contributed by atoms with Crippen molar-refractivity contribution in [3.05, 3.63) is 34.9 Å². The van der Waals surface area contributed by atoms with E-state index >= 15 is 0 Å². The Labute approximate surface area is 117 Å². The highest BCUT2D eigenvalue weighted by Gasteiger charge is 2.30. The lowest BCUT2D eigenvalue weighted by atomic mass is 10.1. The lowest BCUT2D eigenvalue weighted by molar-refractivity contribution is -0.149. The van der Waals surface area contributed by atoms with Gasteiger partial charge >= 0.3 is 5.97 Å². The number of nitrogens with one attached hydrogen (secondary N) is 1. The van der Waals surface area contributed by atoms with Gasteiger partial charge < -0.3 is 15.2 Å². The molecule has 0 aromatic heterocycles. The maximum absolute atomic E-state index is 10.8. The Morgan fingerprint density at radius 1 is 1.47 bits per heavy atom. The molecule has 2 rings (SSSR count). The predicted molar refractivity (Wildman–Crippen MR) is 73.4 cm³/mol. The number of carbonyl (C=O) groups is 1. The second-order valence-electron chi connectivity index (χ2n) is 4.84. The molecule has 2 N–H and O–H groups in total. The fraction of sp³-hybridized carbons (Fsp3) is 0.500. The van der Waals surface area contributed by atoms with Gasteiger partial charge in [-0.3, -0.25) is 0 Å². The third-order valence-corrected chi connectivity index (χ3v) is 3.66. The summed E-state index contributed by atoms with van der Waals surface area (Å²) in [5, 5.41) is 12.9. The van der Waals surface area contributed by atoms with Crippen LogP contribution in [-0.2, 0) is 9.53 Å². The summed E-state index contributed by atoms with van der Waals surface area (Å²) < 4.78 is 5.45. The normalized spacial score (nSPS) is 24.3. The van der Waals surface area contributed by atoms with Crippen LogP contribution in [0.15, 0.2) is 24.3 Å². The number of carboxylic acid groups (broad SMARTS) is 1. The molecule has 1 saturated heterocycles. The van der Waals surface area contributed by atoms with Gasteiger partial charge in [0.05, 0.1) is 6.10 Å². The van der Waals surface area contributed by atoms with Crippen LogP contribution in [0.5, 0.6) is 0 Å². The standard InChI is InChI=1S/C14H18ClNO3/c1-9(10-2-4-11(15)5-3-10)16-8-12-6-7-13(19-12)14(17)18/h2-5,9,12-13,16H,6-8H2,1H3,(H,17,18)/t9-,12?,13?/m0/s1. The summed E-state index contributed by atoms with van der Waals surface area (Å²) in [7, 11) is 0. The van der Waals surface area contributed by atoms with E-state index in [1.54, 1.807) is 0 Å². The van der Waals surface area contributed by atoms with Crippen LogP contribution in [0.1, 0.15) is 31.4 Å². The van der Waals surface area contributed by atoms with Crippen molar-refractivity contribution < 1.29 is 14.6 Å². The third kappa shape index (κ3) is 3.93. The highest BCUT2D eigenvalue weighted by atomic mass is 35.5. The zero-order valence-electron chi connectivity index (χ0n) is 10.8. The smallest absolute Gasteiger partial charge is 0.332 e. The Morgan fingerprint density at radius 2 is 2.16 bits per heavy atom. The molecule has 4 nitrogen and oxygen atoms in total. The van der Waals surface area contributed by atoms with Gasteiger partial charge in [0.2, 0.25) is 0 Å². The maximum atomic E-state index is 10.8. The molecule has 1 fully saturated rings. The topological polar surface area (TPSA) is 58.6 Å². The monoisotopic (exact) mass is 283 g/mol. The number of ether oxygens (including phenoxy) is 1. The summed E-state index contributed by atoms with van der Waals surface area (Å²) >= 11 is 5.85. The molecule has 1 aliphatic heterocycles. The number of hydrogen-bond donors (Lipinski definition) is 2. The molecule has 5 heteroatoms. The van der Waals surface area contributed by atoms with E-state index in [0.717, 1.165) is 17.0 Å². The zero-order valence-corrected chi connectivity index (χ0v) is 11.6. The van der Waals surface area contributed by atoms with Crippen molar-refractivity contribution in [2.45, 2.75) is 38.0 Å².